The molecule has 11 heteroatoms. The van der Waals surface area contributed by atoms with Crippen molar-refractivity contribution in [3.05, 3.63) is 0 Å². The summed E-state index contributed by atoms with van der Waals surface area (Å²) in [4.78, 5) is 28.6. The van der Waals surface area contributed by atoms with Crippen LogP contribution in [0.3, 0.4) is 0 Å². The zero-order valence-corrected chi connectivity index (χ0v) is 13.1. The zero-order chi connectivity index (χ0) is 17.6. The molecule has 0 saturated carbocycles. The zero-order valence-electron chi connectivity index (χ0n) is 12.1. The number of hydrogen-bond acceptors (Lipinski definition) is 4. The smallest absolute Gasteiger partial charge is 0.292 e. The molecule has 4 nitrogen and oxygen atoms in total. The maximum absolute atomic E-state index is 12.0. The molecule has 0 spiro atoms. The molecule has 0 fully saturated rings. The van der Waals surface area contributed by atoms with E-state index in [-0.39, 0.29) is 41.6 Å². The van der Waals surface area contributed by atoms with Crippen molar-refractivity contribution in [1.82, 2.24) is 0 Å². The fraction of sp³-hybridized carbons (Fsp3) is 0.667. The summed E-state index contributed by atoms with van der Waals surface area (Å²) in [5.41, 5.74) is -0.108. The van der Waals surface area contributed by atoms with E-state index in [9.17, 15) is 35.9 Å². The van der Waals surface area contributed by atoms with Crippen LogP contribution in [0.2, 0.25) is 0 Å². The van der Waals surface area contributed by atoms with Crippen LogP contribution in [0.1, 0.15) is 26.7 Å². The summed E-state index contributed by atoms with van der Waals surface area (Å²) in [5.74, 6) is -3.85. The van der Waals surface area contributed by atoms with Crippen LogP contribution >= 0.6 is 0 Å². The van der Waals surface area contributed by atoms with Crippen LogP contribution in [0.4, 0.5) is 26.3 Å². The van der Waals surface area contributed by atoms with Crippen molar-refractivity contribution in [3.8, 4) is 0 Å². The summed E-state index contributed by atoms with van der Waals surface area (Å²) in [6.45, 7) is 2.28. The van der Waals surface area contributed by atoms with Gasteiger partial charge in [0.25, 0.3) is 0 Å². The molecule has 23 heavy (non-hydrogen) atoms. The molecular formula is C12H14CuF6N2O2. The van der Waals surface area contributed by atoms with Crippen molar-refractivity contribution in [2.24, 2.45) is 9.98 Å². The summed E-state index contributed by atoms with van der Waals surface area (Å²) in [6, 6.07) is 0. The second-order valence-electron chi connectivity index (χ2n) is 4.43. The van der Waals surface area contributed by atoms with Crippen LogP contribution in [-0.4, -0.2) is 48.4 Å². The van der Waals surface area contributed by atoms with E-state index in [2.05, 4.69) is 9.98 Å². The molecule has 0 N–H and O–H groups in total. The topological polar surface area (TPSA) is 58.9 Å². The SMILES string of the molecule is CC(CC(=O)C(F)(F)F)=NCCN=C(C)CC(=O)C(F)(F)F.[Cu]. The Morgan fingerprint density at radius 1 is 0.739 bits per heavy atom. The maximum Gasteiger partial charge on any atom is 0.450 e. The van der Waals surface area contributed by atoms with E-state index >= 15 is 0 Å². The van der Waals surface area contributed by atoms with Gasteiger partial charge in [0.15, 0.2) is 0 Å². The van der Waals surface area contributed by atoms with Crippen molar-refractivity contribution >= 4 is 23.0 Å². The van der Waals surface area contributed by atoms with Gasteiger partial charge in [0.1, 0.15) is 0 Å². The monoisotopic (exact) mass is 395 g/mol. The van der Waals surface area contributed by atoms with Crippen molar-refractivity contribution in [2.75, 3.05) is 13.1 Å². The van der Waals surface area contributed by atoms with Crippen LogP contribution in [0.15, 0.2) is 9.98 Å². The third-order valence-corrected chi connectivity index (χ3v) is 2.33. The van der Waals surface area contributed by atoms with E-state index in [0.29, 0.717) is 0 Å². The standard InChI is InChI=1S/C12H14F6N2O2.Cu/c1-7(5-9(21)11(13,14)15)19-3-4-20-8(2)6-10(22)12(16,17)18;/h3-6H2,1-2H3;. The van der Waals surface area contributed by atoms with E-state index in [0.717, 1.165) is 0 Å². The second kappa shape index (κ2) is 9.82. The average molecular weight is 396 g/mol. The fourth-order valence-corrected chi connectivity index (χ4v) is 1.26. The van der Waals surface area contributed by atoms with Gasteiger partial charge in [-0.25, -0.2) is 0 Å². The molecule has 137 valence electrons. The van der Waals surface area contributed by atoms with Gasteiger partial charge in [-0.3, -0.25) is 19.6 Å². The minimum Gasteiger partial charge on any atom is -0.292 e. The quantitative estimate of drug-likeness (QED) is 0.288. The molecule has 0 amide bonds. The van der Waals surface area contributed by atoms with E-state index in [1.54, 1.807) is 0 Å². The molecule has 0 atom stereocenters. The largest absolute Gasteiger partial charge is 0.450 e. The molecule has 0 aliphatic carbocycles. The van der Waals surface area contributed by atoms with Gasteiger partial charge < -0.3 is 0 Å². The van der Waals surface area contributed by atoms with Crippen LogP contribution < -0.4 is 0 Å². The predicted molar refractivity (Wildman–Crippen MR) is 67.3 cm³/mol. The maximum atomic E-state index is 12.0. The molecule has 0 rings (SSSR count). The van der Waals surface area contributed by atoms with Crippen LogP contribution in [0.25, 0.3) is 0 Å². The van der Waals surface area contributed by atoms with Gasteiger partial charge >= 0.3 is 12.4 Å². The Kier molecular flexibility index (Phi) is 10.3. The summed E-state index contributed by atoms with van der Waals surface area (Å²) in [7, 11) is 0. The number of hydrogen-bond donors (Lipinski definition) is 0. The minimum atomic E-state index is -4.93. The first kappa shape index (κ1) is 24.0. The number of carbonyl (C=O) groups is 2. The number of rotatable bonds is 7. The molecule has 0 bridgehead atoms. The van der Waals surface area contributed by atoms with Gasteiger partial charge in [-0.05, 0) is 13.8 Å². The Hall–Kier alpha value is -1.22. The van der Waals surface area contributed by atoms with Crippen molar-refractivity contribution in [1.29, 1.82) is 0 Å². The number of aliphatic imine (C=N–C) groups is 2. The molecule has 0 aliphatic rings. The number of Topliss-reactive ketones (excluding diaryl/α,β-unsaturated/α-hetero) is 2. The minimum absolute atomic E-state index is 0. The van der Waals surface area contributed by atoms with Crippen LogP contribution in [0, 0.1) is 0 Å². The summed E-state index contributed by atoms with van der Waals surface area (Å²) in [5, 5.41) is 0. The van der Waals surface area contributed by atoms with Gasteiger partial charge in [-0.2, -0.15) is 26.3 Å². The molecule has 0 heterocycles. The van der Waals surface area contributed by atoms with Gasteiger partial charge in [-0.1, -0.05) is 0 Å². The Morgan fingerprint density at radius 2 is 1.00 bits per heavy atom. The number of carbonyl (C=O) groups excluding carboxylic acids is 2. The molecular weight excluding hydrogens is 382 g/mol. The molecule has 0 aliphatic heterocycles. The Balaban J connectivity index is 0. The van der Waals surface area contributed by atoms with Gasteiger partial charge in [0.2, 0.25) is 11.6 Å². The molecule has 0 aromatic heterocycles. The van der Waals surface area contributed by atoms with Crippen molar-refractivity contribution in [2.45, 2.75) is 39.0 Å². The van der Waals surface area contributed by atoms with Gasteiger partial charge in [0, 0.05) is 28.5 Å². The number of alkyl halides is 6. The first-order chi connectivity index (χ1) is 9.84. The molecule has 1 radical (unpaired) electrons. The molecule has 0 aromatic rings. The second-order valence-corrected chi connectivity index (χ2v) is 4.43. The number of nitrogens with zero attached hydrogens (tertiary/aromatic N) is 2. The average Bonchev–Trinajstić information content (AvgIpc) is 2.32. The molecule has 0 saturated heterocycles. The number of ketones is 2. The van der Waals surface area contributed by atoms with E-state index in [1.165, 1.54) is 13.8 Å². The fourth-order valence-electron chi connectivity index (χ4n) is 1.26. The van der Waals surface area contributed by atoms with E-state index < -0.39 is 36.8 Å². The number of halogens is 6. The Labute approximate surface area is 138 Å². The van der Waals surface area contributed by atoms with E-state index in [4.69, 9.17) is 0 Å². The molecule has 0 unspecified atom stereocenters. The predicted octanol–water partition coefficient (Wildman–Crippen LogP) is 2.95. The van der Waals surface area contributed by atoms with Crippen LogP contribution in [-0.2, 0) is 26.7 Å². The summed E-state index contributed by atoms with van der Waals surface area (Å²) in [6.07, 6.45) is -11.6. The van der Waals surface area contributed by atoms with Gasteiger partial charge in [-0.15, -0.1) is 0 Å². The first-order valence-corrected chi connectivity index (χ1v) is 6.04. The van der Waals surface area contributed by atoms with Crippen LogP contribution in [0.5, 0.6) is 0 Å². The van der Waals surface area contributed by atoms with Crippen molar-refractivity contribution in [3.63, 3.8) is 0 Å². The Bertz CT molecular complexity index is 439. The van der Waals surface area contributed by atoms with E-state index in [1.807, 2.05) is 0 Å². The third-order valence-electron chi connectivity index (χ3n) is 2.33. The summed E-state index contributed by atoms with van der Waals surface area (Å²) < 4.78 is 71.8. The summed E-state index contributed by atoms with van der Waals surface area (Å²) >= 11 is 0. The normalized spacial score (nSPS) is 13.6. The molecule has 0 aromatic carbocycles. The Morgan fingerprint density at radius 3 is 1.22 bits per heavy atom. The van der Waals surface area contributed by atoms with Gasteiger partial charge in [0.05, 0.1) is 25.9 Å². The third kappa shape index (κ3) is 11.0. The van der Waals surface area contributed by atoms with Crippen molar-refractivity contribution < 1.29 is 53.0 Å². The first-order valence-electron chi connectivity index (χ1n) is 6.04.